The minimum atomic E-state index is -0.572. The molecule has 0 saturated heterocycles. The fraction of sp³-hybridized carbons (Fsp3) is 0.304. The van der Waals surface area contributed by atoms with E-state index in [0.717, 1.165) is 30.4 Å². The van der Waals surface area contributed by atoms with Crippen molar-refractivity contribution in [3.8, 4) is 23.7 Å². The average molecular weight is 336 g/mol. The smallest absolute Gasteiger partial charge is 0.130 e. The van der Waals surface area contributed by atoms with E-state index >= 15 is 0 Å². The Kier molecular flexibility index (Phi) is 7.24. The van der Waals surface area contributed by atoms with Crippen LogP contribution in [-0.2, 0) is 6.42 Å². The van der Waals surface area contributed by atoms with Gasteiger partial charge in [0.15, 0.2) is 0 Å². The van der Waals surface area contributed by atoms with Gasteiger partial charge in [0.2, 0.25) is 0 Å². The minimum Gasteiger partial charge on any atom is -0.207 e. The Labute approximate surface area is 149 Å². The molecule has 2 rings (SSSR count). The van der Waals surface area contributed by atoms with Crippen molar-refractivity contribution in [2.45, 2.75) is 46.0 Å². The maximum absolute atomic E-state index is 13.5. The minimum absolute atomic E-state index is 0.0192. The summed E-state index contributed by atoms with van der Waals surface area (Å²) in [6, 6.07) is 10.3. The van der Waals surface area contributed by atoms with Crippen LogP contribution in [0.5, 0.6) is 0 Å². The van der Waals surface area contributed by atoms with Gasteiger partial charge in [0.25, 0.3) is 0 Å². The van der Waals surface area contributed by atoms with E-state index in [4.69, 9.17) is 0 Å². The van der Waals surface area contributed by atoms with E-state index in [9.17, 15) is 8.78 Å². The van der Waals surface area contributed by atoms with Crippen molar-refractivity contribution in [2.24, 2.45) is 0 Å². The zero-order valence-electron chi connectivity index (χ0n) is 14.8. The van der Waals surface area contributed by atoms with Crippen molar-refractivity contribution in [1.82, 2.24) is 0 Å². The SMILES string of the molecule is CCCCCC#CCc1ccc(C#Cc2cc(F)c(C)c(F)c2)cc1. The van der Waals surface area contributed by atoms with Crippen molar-refractivity contribution in [3.63, 3.8) is 0 Å². The largest absolute Gasteiger partial charge is 0.207 e. The van der Waals surface area contributed by atoms with Gasteiger partial charge in [-0.15, -0.1) is 5.92 Å². The van der Waals surface area contributed by atoms with Crippen molar-refractivity contribution in [1.29, 1.82) is 0 Å². The lowest BCUT2D eigenvalue weighted by atomic mass is 10.1. The van der Waals surface area contributed by atoms with Gasteiger partial charge in [-0.05, 0) is 43.2 Å². The molecule has 0 spiro atoms. The van der Waals surface area contributed by atoms with Crippen LogP contribution in [0, 0.1) is 42.2 Å². The van der Waals surface area contributed by atoms with Crippen LogP contribution in [0.1, 0.15) is 54.9 Å². The molecule has 0 aliphatic heterocycles. The highest BCUT2D eigenvalue weighted by Crippen LogP contribution is 2.13. The molecule has 0 atom stereocenters. The molecule has 25 heavy (non-hydrogen) atoms. The molecule has 0 saturated carbocycles. The summed E-state index contributed by atoms with van der Waals surface area (Å²) < 4.78 is 27.0. The van der Waals surface area contributed by atoms with Crippen LogP contribution in [0.3, 0.4) is 0 Å². The maximum Gasteiger partial charge on any atom is 0.130 e. The molecule has 0 bridgehead atoms. The molecule has 2 aromatic rings. The van der Waals surface area contributed by atoms with E-state index in [1.807, 2.05) is 24.3 Å². The molecule has 0 fully saturated rings. The van der Waals surface area contributed by atoms with Gasteiger partial charge in [-0.2, -0.15) is 0 Å². The highest BCUT2D eigenvalue weighted by Gasteiger charge is 2.04. The normalized spacial score (nSPS) is 9.76. The van der Waals surface area contributed by atoms with Crippen molar-refractivity contribution >= 4 is 0 Å². The third kappa shape index (κ3) is 6.09. The first-order valence-corrected chi connectivity index (χ1v) is 8.62. The third-order valence-electron chi connectivity index (χ3n) is 3.91. The summed E-state index contributed by atoms with van der Waals surface area (Å²) in [7, 11) is 0. The van der Waals surface area contributed by atoms with Crippen LogP contribution >= 0.6 is 0 Å². The number of halogens is 2. The van der Waals surface area contributed by atoms with E-state index in [1.54, 1.807) is 0 Å². The Morgan fingerprint density at radius 1 is 0.840 bits per heavy atom. The lowest BCUT2D eigenvalue weighted by Gasteiger charge is -1.99. The first-order chi connectivity index (χ1) is 12.1. The third-order valence-corrected chi connectivity index (χ3v) is 3.91. The second-order valence-corrected chi connectivity index (χ2v) is 6.00. The quantitative estimate of drug-likeness (QED) is 0.489. The number of hydrogen-bond donors (Lipinski definition) is 0. The number of rotatable bonds is 4. The zero-order valence-corrected chi connectivity index (χ0v) is 14.8. The summed E-state index contributed by atoms with van der Waals surface area (Å²) in [5.41, 5.74) is 2.30. The Morgan fingerprint density at radius 3 is 2.12 bits per heavy atom. The van der Waals surface area contributed by atoms with Gasteiger partial charge >= 0.3 is 0 Å². The highest BCUT2D eigenvalue weighted by atomic mass is 19.1. The predicted octanol–water partition coefficient (Wildman–Crippen LogP) is 5.80. The van der Waals surface area contributed by atoms with E-state index in [0.29, 0.717) is 5.56 Å². The molecule has 128 valence electrons. The molecule has 0 aliphatic rings. The van der Waals surface area contributed by atoms with Crippen molar-refractivity contribution in [2.75, 3.05) is 0 Å². The van der Waals surface area contributed by atoms with Crippen LogP contribution in [0.25, 0.3) is 0 Å². The van der Waals surface area contributed by atoms with E-state index in [2.05, 4.69) is 30.6 Å². The molecule has 0 nitrogen and oxygen atoms in total. The lowest BCUT2D eigenvalue weighted by Crippen LogP contribution is -1.90. The summed E-state index contributed by atoms with van der Waals surface area (Å²) in [6.07, 6.45) is 5.30. The molecule has 0 aromatic heterocycles. The molecule has 0 heterocycles. The van der Waals surface area contributed by atoms with Gasteiger partial charge in [-0.3, -0.25) is 0 Å². The molecular formula is C23H22F2. The summed E-state index contributed by atoms with van der Waals surface area (Å²) in [4.78, 5) is 0. The van der Waals surface area contributed by atoms with Gasteiger partial charge in [-0.1, -0.05) is 49.7 Å². The first-order valence-electron chi connectivity index (χ1n) is 8.62. The maximum atomic E-state index is 13.5. The van der Waals surface area contributed by atoms with E-state index in [-0.39, 0.29) is 5.56 Å². The summed E-state index contributed by atoms with van der Waals surface area (Å²) in [5, 5.41) is 0. The predicted molar refractivity (Wildman–Crippen MR) is 99.1 cm³/mol. The van der Waals surface area contributed by atoms with E-state index < -0.39 is 11.6 Å². The summed E-state index contributed by atoms with van der Waals surface area (Å²) >= 11 is 0. The molecule has 0 radical (unpaired) electrons. The van der Waals surface area contributed by atoms with Gasteiger partial charge < -0.3 is 0 Å². The van der Waals surface area contributed by atoms with Crippen LogP contribution < -0.4 is 0 Å². The number of unbranched alkanes of at least 4 members (excludes halogenated alkanes) is 3. The molecular weight excluding hydrogens is 314 g/mol. The summed E-state index contributed by atoms with van der Waals surface area (Å²) in [6.45, 7) is 3.59. The summed E-state index contributed by atoms with van der Waals surface area (Å²) in [5.74, 6) is 11.0. The van der Waals surface area contributed by atoms with Crippen molar-refractivity contribution < 1.29 is 8.78 Å². The molecule has 0 unspecified atom stereocenters. The molecule has 0 amide bonds. The molecule has 0 N–H and O–H groups in total. The second kappa shape index (κ2) is 9.65. The van der Waals surface area contributed by atoms with Crippen LogP contribution in [0.2, 0.25) is 0 Å². The Balaban J connectivity index is 1.97. The Hall–Kier alpha value is -2.58. The van der Waals surface area contributed by atoms with E-state index in [1.165, 1.54) is 31.9 Å². The van der Waals surface area contributed by atoms with Gasteiger partial charge in [0, 0.05) is 29.5 Å². The van der Waals surface area contributed by atoms with Gasteiger partial charge in [-0.25, -0.2) is 8.78 Å². The highest BCUT2D eigenvalue weighted by molar-refractivity contribution is 5.44. The lowest BCUT2D eigenvalue weighted by molar-refractivity contribution is 0.567. The molecule has 2 aromatic carbocycles. The molecule has 2 heteroatoms. The topological polar surface area (TPSA) is 0 Å². The second-order valence-electron chi connectivity index (χ2n) is 6.00. The Morgan fingerprint density at radius 2 is 1.48 bits per heavy atom. The van der Waals surface area contributed by atoms with Gasteiger partial charge in [0.05, 0.1) is 0 Å². The van der Waals surface area contributed by atoms with Crippen LogP contribution in [-0.4, -0.2) is 0 Å². The standard InChI is InChI=1S/C23H22F2/c1-3-4-5-6-7-8-9-19-10-12-20(13-11-19)14-15-21-16-22(24)18(2)23(25)17-21/h10-13,16-17H,3-6,9H2,1-2H3. The Bertz CT molecular complexity index is 801. The number of hydrogen-bond acceptors (Lipinski definition) is 0. The van der Waals surface area contributed by atoms with Crippen LogP contribution in [0.15, 0.2) is 36.4 Å². The number of benzene rings is 2. The van der Waals surface area contributed by atoms with Crippen LogP contribution in [0.4, 0.5) is 8.78 Å². The fourth-order valence-corrected chi connectivity index (χ4v) is 2.28. The molecule has 0 aliphatic carbocycles. The zero-order chi connectivity index (χ0) is 18.1. The van der Waals surface area contributed by atoms with Crippen molar-refractivity contribution in [3.05, 3.63) is 70.3 Å². The monoisotopic (exact) mass is 336 g/mol. The first kappa shape index (κ1) is 18.8. The fourth-order valence-electron chi connectivity index (χ4n) is 2.28. The average Bonchev–Trinajstić information content (AvgIpc) is 2.61. The van der Waals surface area contributed by atoms with Gasteiger partial charge in [0.1, 0.15) is 11.6 Å².